The molecule has 1 atom stereocenters. The minimum atomic E-state index is -0.867. The summed E-state index contributed by atoms with van der Waals surface area (Å²) in [5, 5.41) is 37.0. The van der Waals surface area contributed by atoms with Crippen LogP contribution in [-0.4, -0.2) is 44.2 Å². The molecule has 0 aliphatic rings. The maximum atomic E-state index is 12.1. The maximum absolute atomic E-state index is 12.1. The van der Waals surface area contributed by atoms with Crippen molar-refractivity contribution in [3.05, 3.63) is 59.9 Å². The third-order valence-electron chi connectivity index (χ3n) is 4.17. The molecule has 0 radical (unpaired) electrons. The number of aliphatic hydroxyl groups is 2. The van der Waals surface area contributed by atoms with Gasteiger partial charge in [-0.25, -0.2) is 10.5 Å². The fraction of sp³-hybridized carbons (Fsp3) is 0.136. The average molecular weight is 404 g/mol. The summed E-state index contributed by atoms with van der Waals surface area (Å²) in [5.74, 6) is 10.1. The molecule has 30 heavy (non-hydrogen) atoms. The number of rotatable bonds is 4. The molecule has 3 aromatic rings. The molecule has 150 valence electrons. The molecule has 2 heterocycles. The Morgan fingerprint density at radius 2 is 1.97 bits per heavy atom. The number of fused-ring (bicyclic) bond motifs is 1. The lowest BCUT2D eigenvalue weighted by atomic mass is 10.0. The summed E-state index contributed by atoms with van der Waals surface area (Å²) in [7, 11) is 0. The van der Waals surface area contributed by atoms with E-state index < -0.39 is 12.0 Å². The smallest absolute Gasteiger partial charge is 0.275 e. The highest BCUT2D eigenvalue weighted by molar-refractivity contribution is 6.06. The van der Waals surface area contributed by atoms with Gasteiger partial charge in [-0.2, -0.15) is 0 Å². The number of hydroxylamine groups is 1. The molecule has 3 rings (SSSR count). The summed E-state index contributed by atoms with van der Waals surface area (Å²) < 4.78 is 0.804. The van der Waals surface area contributed by atoms with Gasteiger partial charge >= 0.3 is 0 Å². The molecule has 2 aromatic heterocycles. The molecule has 0 spiro atoms. The van der Waals surface area contributed by atoms with Gasteiger partial charge in [0.1, 0.15) is 0 Å². The van der Waals surface area contributed by atoms with E-state index in [9.17, 15) is 15.1 Å². The van der Waals surface area contributed by atoms with Crippen LogP contribution in [0.5, 0.6) is 0 Å². The number of hydrogen-bond acceptors (Lipinski definition) is 6. The third kappa shape index (κ3) is 4.90. The molecule has 0 fully saturated rings. The highest BCUT2D eigenvalue weighted by Gasteiger charge is 2.16. The molecular weight excluding hydrogens is 386 g/mol. The lowest BCUT2D eigenvalue weighted by Crippen LogP contribution is -2.29. The van der Waals surface area contributed by atoms with Crippen LogP contribution in [0, 0.1) is 23.7 Å². The number of carbonyl (C=O) groups excluding carboxylic acids is 1. The molecule has 0 bridgehead atoms. The van der Waals surface area contributed by atoms with Crippen molar-refractivity contribution in [1.82, 2.24) is 10.5 Å². The number of nitrogens with zero attached hydrogens (tertiary/aromatic N) is 2. The second kappa shape index (κ2) is 9.50. The van der Waals surface area contributed by atoms with E-state index in [2.05, 4.69) is 28.7 Å². The Kier molecular flexibility index (Phi) is 6.58. The molecule has 1 amide bonds. The first-order valence-corrected chi connectivity index (χ1v) is 8.90. The molecule has 1 aromatic carbocycles. The van der Waals surface area contributed by atoms with E-state index in [4.69, 9.17) is 10.3 Å². The van der Waals surface area contributed by atoms with E-state index in [0.717, 1.165) is 10.3 Å². The Balaban J connectivity index is 1.90. The normalized spacial score (nSPS) is 11.0. The highest BCUT2D eigenvalue weighted by Crippen LogP contribution is 2.24. The minimum absolute atomic E-state index is 0.151. The van der Waals surface area contributed by atoms with Crippen molar-refractivity contribution >= 4 is 16.8 Å². The van der Waals surface area contributed by atoms with E-state index in [1.807, 2.05) is 0 Å². The SMILES string of the molecule is O=C(NO)c1cc(-c2ccc(C#CC#CCC(O)CO)cc2)nc2cc[n+](O)cc12. The molecule has 0 saturated carbocycles. The van der Waals surface area contributed by atoms with Crippen LogP contribution in [0.25, 0.3) is 22.2 Å². The Bertz CT molecular complexity index is 1200. The zero-order valence-electron chi connectivity index (χ0n) is 15.7. The van der Waals surface area contributed by atoms with E-state index in [1.54, 1.807) is 35.8 Å². The predicted molar refractivity (Wildman–Crippen MR) is 106 cm³/mol. The van der Waals surface area contributed by atoms with Crippen molar-refractivity contribution in [2.75, 3.05) is 6.61 Å². The average Bonchev–Trinajstić information content (AvgIpc) is 2.77. The molecule has 0 aliphatic heterocycles. The van der Waals surface area contributed by atoms with Gasteiger partial charge in [-0.3, -0.25) is 15.2 Å². The van der Waals surface area contributed by atoms with E-state index in [0.29, 0.717) is 22.2 Å². The molecule has 8 heteroatoms. The Morgan fingerprint density at radius 3 is 2.67 bits per heavy atom. The van der Waals surface area contributed by atoms with Crippen LogP contribution >= 0.6 is 0 Å². The first-order valence-electron chi connectivity index (χ1n) is 8.90. The van der Waals surface area contributed by atoms with Gasteiger partial charge in [0, 0.05) is 28.3 Å². The van der Waals surface area contributed by atoms with Gasteiger partial charge < -0.3 is 10.2 Å². The van der Waals surface area contributed by atoms with E-state index in [1.165, 1.54) is 18.5 Å². The lowest BCUT2D eigenvalue weighted by molar-refractivity contribution is -0.904. The first kappa shape index (κ1) is 20.8. The Hall–Kier alpha value is -3.95. The van der Waals surface area contributed by atoms with Crippen molar-refractivity contribution in [2.45, 2.75) is 12.5 Å². The molecule has 5 N–H and O–H groups in total. The van der Waals surface area contributed by atoms with Gasteiger partial charge in [0.05, 0.1) is 34.9 Å². The van der Waals surface area contributed by atoms with Gasteiger partial charge in [-0.15, -0.1) is 0 Å². The molecule has 0 saturated heterocycles. The van der Waals surface area contributed by atoms with Crippen LogP contribution in [0.4, 0.5) is 0 Å². The number of benzene rings is 1. The van der Waals surface area contributed by atoms with Crippen molar-refractivity contribution in [2.24, 2.45) is 0 Å². The number of pyridine rings is 2. The predicted octanol–water partition coefficient (Wildman–Crippen LogP) is 0.644. The maximum Gasteiger partial charge on any atom is 0.275 e. The zero-order chi connectivity index (χ0) is 21.5. The summed E-state index contributed by atoms with van der Waals surface area (Å²) in [6.45, 7) is -0.339. The molecular formula is C22H18N3O5+. The summed E-state index contributed by atoms with van der Waals surface area (Å²) in [4.78, 5) is 16.6. The highest BCUT2D eigenvalue weighted by atomic mass is 16.5. The standard InChI is InChI=1S/C22H17N3O5/c26-14-17(27)5-3-1-2-4-15-6-8-16(9-7-15)21-12-18(22(28)24-29)19-13-25(30)11-10-20(19)23-21/h6-13,17,26-27H,5,14H2,(H2-,23,24,28,29,30)/p+1. The van der Waals surface area contributed by atoms with Gasteiger partial charge in [0.2, 0.25) is 12.4 Å². The summed E-state index contributed by atoms with van der Waals surface area (Å²) in [6, 6.07) is 10.2. The number of carbonyl (C=O) groups is 1. The van der Waals surface area contributed by atoms with Crippen LogP contribution < -0.4 is 10.2 Å². The van der Waals surface area contributed by atoms with Crippen molar-refractivity contribution in [1.29, 1.82) is 0 Å². The Morgan fingerprint density at radius 1 is 1.20 bits per heavy atom. The molecule has 8 nitrogen and oxygen atoms in total. The monoisotopic (exact) mass is 404 g/mol. The molecule has 1 unspecified atom stereocenters. The van der Waals surface area contributed by atoms with Crippen LogP contribution in [0.15, 0.2) is 48.8 Å². The largest absolute Gasteiger partial charge is 0.394 e. The van der Waals surface area contributed by atoms with Crippen molar-refractivity contribution in [3.63, 3.8) is 0 Å². The van der Waals surface area contributed by atoms with Gasteiger partial charge in [0.15, 0.2) is 0 Å². The fourth-order valence-corrected chi connectivity index (χ4v) is 2.66. The third-order valence-corrected chi connectivity index (χ3v) is 4.17. The minimum Gasteiger partial charge on any atom is -0.394 e. The summed E-state index contributed by atoms with van der Waals surface area (Å²) >= 11 is 0. The number of aromatic nitrogens is 2. The van der Waals surface area contributed by atoms with Gasteiger partial charge in [-0.1, -0.05) is 24.0 Å². The van der Waals surface area contributed by atoms with Gasteiger partial charge in [0.25, 0.3) is 5.91 Å². The van der Waals surface area contributed by atoms with Crippen LogP contribution in [-0.2, 0) is 0 Å². The summed E-state index contributed by atoms with van der Waals surface area (Å²) in [5.41, 5.74) is 4.19. The first-order chi connectivity index (χ1) is 14.5. The Labute approximate surface area is 172 Å². The number of aliphatic hydroxyl groups excluding tert-OH is 2. The van der Waals surface area contributed by atoms with Gasteiger partial charge in [-0.05, 0) is 30.0 Å². The zero-order valence-corrected chi connectivity index (χ0v) is 15.7. The second-order valence-electron chi connectivity index (χ2n) is 6.29. The van der Waals surface area contributed by atoms with E-state index in [-0.39, 0.29) is 18.6 Å². The van der Waals surface area contributed by atoms with E-state index >= 15 is 0 Å². The number of nitrogens with one attached hydrogen (secondary N) is 1. The van der Waals surface area contributed by atoms with Crippen molar-refractivity contribution < 1.29 is 30.2 Å². The van der Waals surface area contributed by atoms with Crippen LogP contribution in [0.1, 0.15) is 22.3 Å². The quantitative estimate of drug-likeness (QED) is 0.143. The number of hydrogen-bond donors (Lipinski definition) is 5. The topological polar surface area (TPSA) is 127 Å². The fourth-order valence-electron chi connectivity index (χ4n) is 2.66. The second-order valence-corrected chi connectivity index (χ2v) is 6.29. The number of amides is 1. The molecule has 0 aliphatic carbocycles. The van der Waals surface area contributed by atoms with Crippen molar-refractivity contribution in [3.8, 4) is 34.9 Å². The van der Waals surface area contributed by atoms with Crippen LogP contribution in [0.3, 0.4) is 0 Å². The lowest BCUT2D eigenvalue weighted by Gasteiger charge is -2.07. The summed E-state index contributed by atoms with van der Waals surface area (Å²) in [6.07, 6.45) is 2.00. The van der Waals surface area contributed by atoms with Crippen LogP contribution in [0.2, 0.25) is 0 Å².